The lowest BCUT2D eigenvalue weighted by molar-refractivity contribution is -0.141. The van der Waals surface area contributed by atoms with Gasteiger partial charge in [-0.05, 0) is 25.3 Å². The first-order valence-corrected chi connectivity index (χ1v) is 8.87. The van der Waals surface area contributed by atoms with Crippen LogP contribution in [0.3, 0.4) is 0 Å². The maximum absolute atomic E-state index is 12.8. The Labute approximate surface area is 157 Å². The van der Waals surface area contributed by atoms with E-state index in [4.69, 9.17) is 0 Å². The van der Waals surface area contributed by atoms with E-state index >= 15 is 0 Å². The Kier molecular flexibility index (Phi) is 4.07. The zero-order chi connectivity index (χ0) is 20.3. The molecule has 0 amide bonds. The molecule has 0 spiro atoms. The summed E-state index contributed by atoms with van der Waals surface area (Å²) in [5.74, 6) is 0. The van der Waals surface area contributed by atoms with Crippen molar-refractivity contribution in [3.05, 3.63) is 52.0 Å². The highest BCUT2D eigenvalue weighted by molar-refractivity contribution is 5.77. The average Bonchev–Trinajstić information content (AvgIpc) is 3.43. The van der Waals surface area contributed by atoms with Gasteiger partial charge in [0.15, 0.2) is 5.52 Å². The standard InChI is InChI=1S/C18H18F3N5O2/c1-3-17(28,10-4-7-12(22-8-10)18(19,20)21)15-13-14(24-25(15)2)16(27)26(9-23-13)11-5-6-11/h4,7-9,11,28H,3,5-6H2,1-2H3/t17-/m1/s1. The van der Waals surface area contributed by atoms with Crippen molar-refractivity contribution < 1.29 is 18.3 Å². The molecule has 4 rings (SSSR count). The van der Waals surface area contributed by atoms with E-state index in [9.17, 15) is 23.1 Å². The number of pyridine rings is 1. The third kappa shape index (κ3) is 2.79. The molecule has 0 saturated heterocycles. The van der Waals surface area contributed by atoms with Gasteiger partial charge in [0.05, 0.1) is 6.33 Å². The summed E-state index contributed by atoms with van der Waals surface area (Å²) in [6, 6.07) is 2.13. The van der Waals surface area contributed by atoms with Gasteiger partial charge in [0.25, 0.3) is 5.56 Å². The number of aromatic nitrogens is 5. The molecule has 1 fully saturated rings. The first kappa shape index (κ1) is 18.6. The number of hydrogen-bond donors (Lipinski definition) is 1. The topological polar surface area (TPSA) is 85.8 Å². The molecule has 28 heavy (non-hydrogen) atoms. The van der Waals surface area contributed by atoms with Gasteiger partial charge in [-0.1, -0.05) is 13.0 Å². The van der Waals surface area contributed by atoms with Crippen molar-refractivity contribution in [2.75, 3.05) is 0 Å². The van der Waals surface area contributed by atoms with E-state index in [0.29, 0.717) is 0 Å². The molecule has 1 aliphatic carbocycles. The third-order valence-corrected chi connectivity index (χ3v) is 5.15. The number of alkyl halides is 3. The van der Waals surface area contributed by atoms with Crippen LogP contribution in [0.4, 0.5) is 13.2 Å². The van der Waals surface area contributed by atoms with Crippen LogP contribution in [0.15, 0.2) is 29.5 Å². The Morgan fingerprint density at radius 1 is 1.21 bits per heavy atom. The van der Waals surface area contributed by atoms with Gasteiger partial charge in [-0.25, -0.2) is 4.98 Å². The molecule has 7 nitrogen and oxygen atoms in total. The average molecular weight is 393 g/mol. The van der Waals surface area contributed by atoms with Crippen molar-refractivity contribution in [2.45, 2.75) is 44.0 Å². The highest BCUT2D eigenvalue weighted by atomic mass is 19.4. The Hall–Kier alpha value is -2.75. The summed E-state index contributed by atoms with van der Waals surface area (Å²) in [6.07, 6.45) is -0.198. The van der Waals surface area contributed by atoms with Crippen LogP contribution in [0.5, 0.6) is 0 Å². The monoisotopic (exact) mass is 393 g/mol. The molecule has 3 heterocycles. The van der Waals surface area contributed by atoms with Crippen LogP contribution < -0.4 is 5.56 Å². The van der Waals surface area contributed by atoms with Gasteiger partial charge >= 0.3 is 6.18 Å². The van der Waals surface area contributed by atoms with Crippen LogP contribution in [0.2, 0.25) is 0 Å². The summed E-state index contributed by atoms with van der Waals surface area (Å²) in [7, 11) is 1.57. The van der Waals surface area contributed by atoms with E-state index in [1.807, 2.05) is 0 Å². The molecule has 0 bridgehead atoms. The molecule has 0 unspecified atom stereocenters. The van der Waals surface area contributed by atoms with E-state index in [1.165, 1.54) is 21.6 Å². The minimum absolute atomic E-state index is 0.124. The number of aliphatic hydroxyl groups is 1. The molecule has 10 heteroatoms. The number of halogens is 3. The van der Waals surface area contributed by atoms with Gasteiger partial charge in [-0.2, -0.15) is 18.3 Å². The lowest BCUT2D eigenvalue weighted by Gasteiger charge is -2.27. The Morgan fingerprint density at radius 2 is 1.93 bits per heavy atom. The lowest BCUT2D eigenvalue weighted by atomic mass is 9.88. The summed E-state index contributed by atoms with van der Waals surface area (Å²) >= 11 is 0. The quantitative estimate of drug-likeness (QED) is 0.736. The molecule has 0 aromatic carbocycles. The molecule has 0 radical (unpaired) electrons. The van der Waals surface area contributed by atoms with Crippen molar-refractivity contribution >= 4 is 11.0 Å². The van der Waals surface area contributed by atoms with Crippen LogP contribution in [0, 0.1) is 0 Å². The molecule has 1 N–H and O–H groups in total. The van der Waals surface area contributed by atoms with E-state index in [1.54, 1.807) is 14.0 Å². The van der Waals surface area contributed by atoms with E-state index in [-0.39, 0.29) is 40.3 Å². The predicted molar refractivity (Wildman–Crippen MR) is 93.6 cm³/mol. The fourth-order valence-corrected chi connectivity index (χ4v) is 3.46. The van der Waals surface area contributed by atoms with Gasteiger partial charge in [-0.3, -0.25) is 19.0 Å². The van der Waals surface area contributed by atoms with Gasteiger partial charge in [0, 0.05) is 24.8 Å². The fourth-order valence-electron chi connectivity index (χ4n) is 3.46. The molecule has 0 aliphatic heterocycles. The minimum Gasteiger partial charge on any atom is -0.379 e. The maximum Gasteiger partial charge on any atom is 0.433 e. The van der Waals surface area contributed by atoms with E-state index in [2.05, 4.69) is 15.1 Å². The second-order valence-electron chi connectivity index (χ2n) is 7.00. The Morgan fingerprint density at radius 3 is 2.46 bits per heavy atom. The van der Waals surface area contributed by atoms with Crippen molar-refractivity contribution in [2.24, 2.45) is 7.05 Å². The van der Waals surface area contributed by atoms with Crippen LogP contribution in [0.1, 0.15) is 49.2 Å². The van der Waals surface area contributed by atoms with Crippen LogP contribution in [0.25, 0.3) is 11.0 Å². The molecule has 1 saturated carbocycles. The summed E-state index contributed by atoms with van der Waals surface area (Å²) in [4.78, 5) is 20.5. The second-order valence-corrected chi connectivity index (χ2v) is 7.00. The highest BCUT2D eigenvalue weighted by Crippen LogP contribution is 2.37. The molecule has 1 atom stereocenters. The minimum atomic E-state index is -4.57. The smallest absolute Gasteiger partial charge is 0.379 e. The van der Waals surface area contributed by atoms with Crippen molar-refractivity contribution in [3.8, 4) is 0 Å². The van der Waals surface area contributed by atoms with Crippen LogP contribution in [-0.2, 0) is 18.8 Å². The molecular formula is C18H18F3N5O2. The van der Waals surface area contributed by atoms with Crippen LogP contribution in [-0.4, -0.2) is 29.4 Å². The number of nitrogens with zero attached hydrogens (tertiary/aromatic N) is 5. The van der Waals surface area contributed by atoms with Gasteiger partial charge in [0.2, 0.25) is 0 Å². The van der Waals surface area contributed by atoms with Crippen molar-refractivity contribution in [3.63, 3.8) is 0 Å². The summed E-state index contributed by atoms with van der Waals surface area (Å²) < 4.78 is 41.3. The summed E-state index contributed by atoms with van der Waals surface area (Å²) in [5, 5.41) is 15.6. The first-order chi connectivity index (χ1) is 13.2. The lowest BCUT2D eigenvalue weighted by Crippen LogP contribution is -2.30. The van der Waals surface area contributed by atoms with Gasteiger partial charge in [0.1, 0.15) is 22.5 Å². The van der Waals surface area contributed by atoms with Crippen LogP contribution >= 0.6 is 0 Å². The van der Waals surface area contributed by atoms with Crippen molar-refractivity contribution in [1.29, 1.82) is 0 Å². The van der Waals surface area contributed by atoms with Gasteiger partial charge in [-0.15, -0.1) is 0 Å². The third-order valence-electron chi connectivity index (χ3n) is 5.15. The zero-order valence-corrected chi connectivity index (χ0v) is 15.2. The van der Waals surface area contributed by atoms with E-state index in [0.717, 1.165) is 25.1 Å². The summed E-state index contributed by atoms with van der Waals surface area (Å²) in [5.41, 5.74) is -2.28. The molecule has 148 valence electrons. The zero-order valence-electron chi connectivity index (χ0n) is 15.2. The number of hydrogen-bond acceptors (Lipinski definition) is 5. The van der Waals surface area contributed by atoms with E-state index < -0.39 is 17.5 Å². The van der Waals surface area contributed by atoms with Gasteiger partial charge < -0.3 is 5.11 Å². The number of rotatable bonds is 4. The molecule has 3 aromatic rings. The summed E-state index contributed by atoms with van der Waals surface area (Å²) in [6.45, 7) is 1.68. The fraction of sp³-hybridized carbons (Fsp3) is 0.444. The SMILES string of the molecule is CC[C@@](O)(c1ccc(C(F)(F)F)nc1)c1c2ncn(C3CC3)c(=O)c2nn1C. The Balaban J connectivity index is 1.87. The first-order valence-electron chi connectivity index (χ1n) is 8.87. The Bertz CT molecular complexity index is 1100. The maximum atomic E-state index is 12.8. The number of fused-ring (bicyclic) bond motifs is 1. The molecule has 1 aliphatic rings. The predicted octanol–water partition coefficient (Wildman–Crippen LogP) is 2.52. The van der Waals surface area contributed by atoms with Crippen molar-refractivity contribution in [1.82, 2.24) is 24.3 Å². The normalized spacial score (nSPS) is 17.1. The largest absolute Gasteiger partial charge is 0.433 e. The number of aryl methyl sites for hydroxylation is 1. The molecular weight excluding hydrogens is 375 g/mol. The molecule has 3 aromatic heterocycles. The highest BCUT2D eigenvalue weighted by Gasteiger charge is 2.39. The second kappa shape index (κ2) is 6.13.